The average Bonchev–Trinajstić information content (AvgIpc) is 2.21. The first-order valence-corrected chi connectivity index (χ1v) is 2.51. The van der Waals surface area contributed by atoms with Gasteiger partial charge < -0.3 is 0 Å². The fourth-order valence-electron chi connectivity index (χ4n) is 0.573. The van der Waals surface area contributed by atoms with Crippen molar-refractivity contribution in [2.45, 2.75) is 19.3 Å². The standard InChI is InChI=1S/C5H9O/c6-4-3-5-1-2-5/h5H,1-4H2. The molecule has 0 aromatic rings. The van der Waals surface area contributed by atoms with E-state index in [1.165, 1.54) is 12.8 Å². The van der Waals surface area contributed by atoms with Crippen molar-refractivity contribution in [2.24, 2.45) is 5.92 Å². The van der Waals surface area contributed by atoms with Crippen LogP contribution in [0.25, 0.3) is 0 Å². The molecule has 1 heteroatoms. The molecule has 1 saturated carbocycles. The van der Waals surface area contributed by atoms with Gasteiger partial charge in [-0.25, -0.2) is 5.11 Å². The Morgan fingerprint density at radius 1 is 1.50 bits per heavy atom. The lowest BCUT2D eigenvalue weighted by Crippen LogP contribution is -1.78. The van der Waals surface area contributed by atoms with Crippen molar-refractivity contribution in [3.8, 4) is 0 Å². The summed E-state index contributed by atoms with van der Waals surface area (Å²) in [5, 5.41) is 9.78. The summed E-state index contributed by atoms with van der Waals surface area (Å²) in [6.07, 6.45) is 3.57. The average molecular weight is 85.1 g/mol. The SMILES string of the molecule is [O]CCC1CC1. The predicted molar refractivity (Wildman–Crippen MR) is 22.9 cm³/mol. The summed E-state index contributed by atoms with van der Waals surface area (Å²) in [5.41, 5.74) is 0. The van der Waals surface area contributed by atoms with Gasteiger partial charge in [0.05, 0.1) is 6.61 Å². The number of hydrogen-bond donors (Lipinski definition) is 0. The molecule has 35 valence electrons. The predicted octanol–water partition coefficient (Wildman–Crippen LogP) is 1.22. The lowest BCUT2D eigenvalue weighted by molar-refractivity contribution is 0.183. The maximum Gasteiger partial charge on any atom is 0.0825 e. The zero-order chi connectivity index (χ0) is 4.41. The molecule has 1 nitrogen and oxygen atoms in total. The van der Waals surface area contributed by atoms with Gasteiger partial charge in [0, 0.05) is 0 Å². The number of hydrogen-bond acceptors (Lipinski definition) is 0. The largest absolute Gasteiger partial charge is 0.237 e. The van der Waals surface area contributed by atoms with E-state index in [1.54, 1.807) is 0 Å². The molecule has 1 aliphatic rings. The first kappa shape index (κ1) is 4.13. The highest BCUT2D eigenvalue weighted by Crippen LogP contribution is 2.31. The molecule has 1 aliphatic carbocycles. The molecule has 0 aromatic heterocycles. The van der Waals surface area contributed by atoms with Crippen molar-refractivity contribution in [1.82, 2.24) is 0 Å². The van der Waals surface area contributed by atoms with E-state index in [1.807, 2.05) is 0 Å². The molecule has 0 bridgehead atoms. The second-order valence-corrected chi connectivity index (χ2v) is 1.94. The van der Waals surface area contributed by atoms with Crippen LogP contribution in [0.4, 0.5) is 0 Å². The highest BCUT2D eigenvalue weighted by molar-refractivity contribution is 4.71. The van der Waals surface area contributed by atoms with Gasteiger partial charge in [-0.3, -0.25) is 0 Å². The van der Waals surface area contributed by atoms with E-state index in [0.717, 1.165) is 12.3 Å². The fourth-order valence-corrected chi connectivity index (χ4v) is 0.573. The van der Waals surface area contributed by atoms with Crippen LogP contribution < -0.4 is 0 Å². The Kier molecular flexibility index (Phi) is 1.10. The molecule has 0 amide bonds. The molecule has 0 aromatic carbocycles. The van der Waals surface area contributed by atoms with Crippen LogP contribution in [0.5, 0.6) is 0 Å². The molecule has 0 spiro atoms. The van der Waals surface area contributed by atoms with Gasteiger partial charge in [0.1, 0.15) is 0 Å². The van der Waals surface area contributed by atoms with Crippen LogP contribution in [-0.2, 0) is 5.11 Å². The molecule has 0 aliphatic heterocycles. The molecule has 0 heterocycles. The lowest BCUT2D eigenvalue weighted by atomic mass is 10.3. The molecular formula is C5H9O. The van der Waals surface area contributed by atoms with Gasteiger partial charge in [0.2, 0.25) is 0 Å². The third kappa shape index (κ3) is 0.977. The van der Waals surface area contributed by atoms with Crippen molar-refractivity contribution in [2.75, 3.05) is 6.61 Å². The minimum Gasteiger partial charge on any atom is -0.237 e. The van der Waals surface area contributed by atoms with Gasteiger partial charge in [-0.05, 0) is 12.3 Å². The normalized spacial score (nSPS) is 21.5. The van der Waals surface area contributed by atoms with Crippen molar-refractivity contribution < 1.29 is 5.11 Å². The summed E-state index contributed by atoms with van der Waals surface area (Å²) in [7, 11) is 0. The van der Waals surface area contributed by atoms with E-state index in [2.05, 4.69) is 0 Å². The maximum absolute atomic E-state index is 9.78. The van der Waals surface area contributed by atoms with Gasteiger partial charge in [0.25, 0.3) is 0 Å². The lowest BCUT2D eigenvalue weighted by Gasteiger charge is -1.80. The zero-order valence-corrected chi connectivity index (χ0v) is 3.81. The van der Waals surface area contributed by atoms with Crippen LogP contribution >= 0.6 is 0 Å². The van der Waals surface area contributed by atoms with E-state index >= 15 is 0 Å². The monoisotopic (exact) mass is 85.1 g/mol. The molecule has 0 saturated heterocycles. The molecule has 1 rings (SSSR count). The van der Waals surface area contributed by atoms with E-state index < -0.39 is 0 Å². The summed E-state index contributed by atoms with van der Waals surface area (Å²) in [6.45, 7) is 0.144. The Morgan fingerprint density at radius 3 is 2.33 bits per heavy atom. The summed E-state index contributed by atoms with van der Waals surface area (Å²) < 4.78 is 0. The quantitative estimate of drug-likeness (QED) is 0.480. The van der Waals surface area contributed by atoms with Crippen molar-refractivity contribution in [3.05, 3.63) is 0 Å². The second-order valence-electron chi connectivity index (χ2n) is 1.94. The van der Waals surface area contributed by atoms with Gasteiger partial charge >= 0.3 is 0 Å². The Labute approximate surface area is 38.0 Å². The summed E-state index contributed by atoms with van der Waals surface area (Å²) in [5.74, 6) is 0.836. The van der Waals surface area contributed by atoms with Gasteiger partial charge in [-0.2, -0.15) is 0 Å². The van der Waals surface area contributed by atoms with Gasteiger partial charge in [0.15, 0.2) is 0 Å². The van der Waals surface area contributed by atoms with Crippen molar-refractivity contribution in [3.63, 3.8) is 0 Å². The van der Waals surface area contributed by atoms with E-state index in [-0.39, 0.29) is 6.61 Å². The van der Waals surface area contributed by atoms with E-state index in [4.69, 9.17) is 0 Å². The van der Waals surface area contributed by atoms with Crippen molar-refractivity contribution >= 4 is 0 Å². The van der Waals surface area contributed by atoms with Crippen LogP contribution in [0.1, 0.15) is 19.3 Å². The molecule has 0 atom stereocenters. The highest BCUT2D eigenvalue weighted by Gasteiger charge is 2.19. The van der Waals surface area contributed by atoms with E-state index in [0.29, 0.717) is 0 Å². The Bertz CT molecular complexity index is 39.2. The van der Waals surface area contributed by atoms with Gasteiger partial charge in [-0.15, -0.1) is 0 Å². The Hall–Kier alpha value is -0.0400. The summed E-state index contributed by atoms with van der Waals surface area (Å²) in [4.78, 5) is 0. The third-order valence-corrected chi connectivity index (χ3v) is 1.22. The molecule has 0 unspecified atom stereocenters. The molecule has 1 radical (unpaired) electrons. The molecule has 1 fully saturated rings. The zero-order valence-electron chi connectivity index (χ0n) is 3.81. The van der Waals surface area contributed by atoms with Crippen LogP contribution in [0.15, 0.2) is 0 Å². The third-order valence-electron chi connectivity index (χ3n) is 1.22. The molecule has 0 N–H and O–H groups in total. The fraction of sp³-hybridized carbons (Fsp3) is 1.00. The molecular weight excluding hydrogens is 76.1 g/mol. The smallest absolute Gasteiger partial charge is 0.0825 e. The summed E-state index contributed by atoms with van der Waals surface area (Å²) >= 11 is 0. The topological polar surface area (TPSA) is 19.9 Å². The van der Waals surface area contributed by atoms with Crippen molar-refractivity contribution in [1.29, 1.82) is 0 Å². The van der Waals surface area contributed by atoms with Crippen LogP contribution in [-0.4, -0.2) is 6.61 Å². The minimum absolute atomic E-state index is 0.144. The summed E-state index contributed by atoms with van der Waals surface area (Å²) in [6, 6.07) is 0. The Balaban J connectivity index is 1.88. The first-order valence-electron chi connectivity index (χ1n) is 2.51. The van der Waals surface area contributed by atoms with Gasteiger partial charge in [-0.1, -0.05) is 12.8 Å². The molecule has 6 heavy (non-hydrogen) atoms. The number of rotatable bonds is 2. The minimum atomic E-state index is 0.144. The highest BCUT2D eigenvalue weighted by atomic mass is 16.3. The Morgan fingerprint density at radius 2 is 2.17 bits per heavy atom. The van der Waals surface area contributed by atoms with Crippen LogP contribution in [0.3, 0.4) is 0 Å². The first-order chi connectivity index (χ1) is 2.93. The van der Waals surface area contributed by atoms with Crippen LogP contribution in [0, 0.1) is 5.92 Å². The van der Waals surface area contributed by atoms with E-state index in [9.17, 15) is 5.11 Å². The van der Waals surface area contributed by atoms with Crippen LogP contribution in [0.2, 0.25) is 0 Å². The second kappa shape index (κ2) is 1.61. The maximum atomic E-state index is 9.78.